The number of halogens is 3. The van der Waals surface area contributed by atoms with Crippen LogP contribution in [0.15, 0.2) is 30.3 Å². The lowest BCUT2D eigenvalue weighted by atomic mass is 10.1. The molecule has 0 aliphatic carbocycles. The number of alkyl halides is 3. The molecule has 1 aromatic rings. The van der Waals surface area contributed by atoms with Crippen molar-refractivity contribution in [1.29, 1.82) is 0 Å². The number of amides is 2. The highest BCUT2D eigenvalue weighted by Gasteiger charge is 2.30. The molecule has 1 N–H and O–H groups in total. The van der Waals surface area contributed by atoms with Crippen LogP contribution in [0.5, 0.6) is 0 Å². The van der Waals surface area contributed by atoms with Gasteiger partial charge in [-0.2, -0.15) is 13.2 Å². The molecule has 2 amide bonds. The number of nitrogens with zero attached hydrogens (tertiary/aromatic N) is 1. The number of nitrogens with one attached hydrogen (secondary N) is 1. The molecular weight excluding hydrogens is 329 g/mol. The topological polar surface area (TPSA) is 67.9 Å². The molecule has 1 aromatic carbocycles. The summed E-state index contributed by atoms with van der Waals surface area (Å²) < 4.78 is 45.3. The second-order valence-corrected chi connectivity index (χ2v) is 5.15. The first-order valence-electron chi connectivity index (χ1n) is 7.27. The fourth-order valence-electron chi connectivity index (χ4n) is 2.20. The molecule has 1 fully saturated rings. The van der Waals surface area contributed by atoms with Crippen LogP contribution in [0, 0.1) is 0 Å². The van der Waals surface area contributed by atoms with E-state index in [2.05, 4.69) is 4.74 Å². The summed E-state index contributed by atoms with van der Waals surface area (Å²) in [5.74, 6) is -0.414. The molecule has 24 heavy (non-hydrogen) atoms. The van der Waals surface area contributed by atoms with Gasteiger partial charge in [-0.05, 0) is 5.56 Å². The Balaban J connectivity index is 1.79. The Labute approximate surface area is 136 Å². The number of alkyl carbamates (subject to hydrolysis) is 1. The summed E-state index contributed by atoms with van der Waals surface area (Å²) in [5, 5.41) is 2.01. The molecule has 1 aliphatic rings. The Morgan fingerprint density at radius 1 is 1.29 bits per heavy atom. The summed E-state index contributed by atoms with van der Waals surface area (Å²) >= 11 is 0. The highest BCUT2D eigenvalue weighted by Crippen LogP contribution is 2.21. The summed E-state index contributed by atoms with van der Waals surface area (Å²) in [6.07, 6.45) is -6.16. The Morgan fingerprint density at radius 3 is 2.67 bits per heavy atom. The molecule has 0 bridgehead atoms. The van der Waals surface area contributed by atoms with Gasteiger partial charge >= 0.3 is 12.3 Å². The van der Waals surface area contributed by atoms with E-state index in [0.717, 1.165) is 5.56 Å². The van der Waals surface area contributed by atoms with Crippen LogP contribution in [-0.4, -0.2) is 55.9 Å². The molecule has 0 radical (unpaired) electrons. The minimum absolute atomic E-state index is 0.277. The third-order valence-corrected chi connectivity index (χ3v) is 3.34. The number of hydrogen-bond donors (Lipinski definition) is 1. The lowest BCUT2D eigenvalue weighted by Gasteiger charge is -2.33. The smallest absolute Gasteiger partial charge is 0.422 e. The monoisotopic (exact) mass is 346 g/mol. The van der Waals surface area contributed by atoms with E-state index in [4.69, 9.17) is 4.74 Å². The van der Waals surface area contributed by atoms with E-state index in [1.165, 1.54) is 4.90 Å². The van der Waals surface area contributed by atoms with Crippen LogP contribution in [0.2, 0.25) is 0 Å². The quantitative estimate of drug-likeness (QED) is 0.904. The molecule has 9 heteroatoms. The van der Waals surface area contributed by atoms with Gasteiger partial charge in [0, 0.05) is 6.54 Å². The number of ether oxygens (including phenoxy) is 2. The van der Waals surface area contributed by atoms with Crippen LogP contribution in [-0.2, 0) is 14.3 Å². The number of hydrogen-bond acceptors (Lipinski definition) is 4. The van der Waals surface area contributed by atoms with Gasteiger partial charge in [0.1, 0.15) is 12.6 Å². The van der Waals surface area contributed by atoms with E-state index in [-0.39, 0.29) is 6.10 Å². The molecule has 1 heterocycles. The second kappa shape index (κ2) is 8.00. The summed E-state index contributed by atoms with van der Waals surface area (Å²) in [5.41, 5.74) is 0.924. The normalized spacial score (nSPS) is 18.1. The lowest BCUT2D eigenvalue weighted by molar-refractivity contribution is -0.160. The zero-order valence-electron chi connectivity index (χ0n) is 12.7. The number of rotatable bonds is 4. The number of benzene rings is 1. The minimum Gasteiger partial charge on any atom is -0.440 e. The van der Waals surface area contributed by atoms with Gasteiger partial charge in [-0.15, -0.1) is 0 Å². The van der Waals surface area contributed by atoms with Gasteiger partial charge in [0.15, 0.2) is 6.61 Å². The van der Waals surface area contributed by atoms with E-state index < -0.39 is 31.3 Å². The Bertz CT molecular complexity index is 566. The van der Waals surface area contributed by atoms with Crippen molar-refractivity contribution >= 4 is 12.0 Å². The first-order chi connectivity index (χ1) is 11.3. The molecule has 0 aromatic heterocycles. The minimum atomic E-state index is -4.60. The van der Waals surface area contributed by atoms with Gasteiger partial charge in [0.2, 0.25) is 5.91 Å². The van der Waals surface area contributed by atoms with Crippen LogP contribution in [0.25, 0.3) is 0 Å². The number of morpholine rings is 1. The van der Waals surface area contributed by atoms with Crippen molar-refractivity contribution < 1.29 is 32.2 Å². The molecular formula is C15H17F3N2O4. The molecule has 0 spiro atoms. The maximum absolute atomic E-state index is 12.1. The van der Waals surface area contributed by atoms with Gasteiger partial charge in [0.25, 0.3) is 0 Å². The maximum Gasteiger partial charge on any atom is 0.422 e. The zero-order chi connectivity index (χ0) is 17.6. The van der Waals surface area contributed by atoms with Crippen LogP contribution >= 0.6 is 0 Å². The molecule has 1 aliphatic heterocycles. The maximum atomic E-state index is 12.1. The summed E-state index contributed by atoms with van der Waals surface area (Å²) in [6, 6.07) is 9.35. The predicted molar refractivity (Wildman–Crippen MR) is 77.1 cm³/mol. The average molecular weight is 346 g/mol. The van der Waals surface area contributed by atoms with E-state index >= 15 is 0 Å². The largest absolute Gasteiger partial charge is 0.440 e. The summed E-state index contributed by atoms with van der Waals surface area (Å²) in [7, 11) is 0. The van der Waals surface area contributed by atoms with Gasteiger partial charge in [0.05, 0.1) is 13.2 Å². The Morgan fingerprint density at radius 2 is 2.00 bits per heavy atom. The Hall–Kier alpha value is -2.29. The van der Waals surface area contributed by atoms with E-state index in [1.54, 1.807) is 0 Å². The fraction of sp³-hybridized carbons (Fsp3) is 0.467. The molecule has 2 rings (SSSR count). The van der Waals surface area contributed by atoms with Crippen molar-refractivity contribution in [3.8, 4) is 0 Å². The molecule has 1 atom stereocenters. The van der Waals surface area contributed by atoms with Crippen molar-refractivity contribution in [2.75, 3.05) is 32.8 Å². The summed E-state index contributed by atoms with van der Waals surface area (Å²) in [4.78, 5) is 24.7. The van der Waals surface area contributed by atoms with Crippen molar-refractivity contribution in [2.24, 2.45) is 0 Å². The van der Waals surface area contributed by atoms with Crippen LogP contribution < -0.4 is 5.32 Å². The number of carbonyl (C=O) groups excluding carboxylic acids is 2. The van der Waals surface area contributed by atoms with Gasteiger partial charge in [-0.3, -0.25) is 4.79 Å². The van der Waals surface area contributed by atoms with Crippen molar-refractivity contribution in [2.45, 2.75) is 12.3 Å². The van der Waals surface area contributed by atoms with Crippen LogP contribution in [0.3, 0.4) is 0 Å². The van der Waals surface area contributed by atoms with Gasteiger partial charge < -0.3 is 19.7 Å². The highest BCUT2D eigenvalue weighted by atomic mass is 19.4. The van der Waals surface area contributed by atoms with Crippen molar-refractivity contribution in [3.63, 3.8) is 0 Å². The molecule has 132 valence electrons. The van der Waals surface area contributed by atoms with Gasteiger partial charge in [-0.25, -0.2) is 4.79 Å². The second-order valence-electron chi connectivity index (χ2n) is 5.15. The van der Waals surface area contributed by atoms with Gasteiger partial charge in [-0.1, -0.05) is 30.3 Å². The first-order valence-corrected chi connectivity index (χ1v) is 7.27. The fourth-order valence-corrected chi connectivity index (χ4v) is 2.20. The lowest BCUT2D eigenvalue weighted by Crippen LogP contribution is -2.46. The van der Waals surface area contributed by atoms with E-state index in [1.807, 2.05) is 35.6 Å². The SMILES string of the molecule is O=C(NCC(=O)N1CCOC(c2ccccc2)C1)OCC(F)(F)F. The zero-order valence-corrected chi connectivity index (χ0v) is 12.7. The molecule has 6 nitrogen and oxygen atoms in total. The molecule has 0 saturated carbocycles. The third-order valence-electron chi connectivity index (χ3n) is 3.34. The van der Waals surface area contributed by atoms with E-state index in [9.17, 15) is 22.8 Å². The highest BCUT2D eigenvalue weighted by molar-refractivity contribution is 5.82. The summed E-state index contributed by atoms with van der Waals surface area (Å²) in [6.45, 7) is -1.13. The van der Waals surface area contributed by atoms with Crippen molar-refractivity contribution in [1.82, 2.24) is 10.2 Å². The standard InChI is InChI=1S/C15H17F3N2O4/c16-15(17,18)10-24-14(22)19-8-13(21)20-6-7-23-12(9-20)11-4-2-1-3-5-11/h1-5,12H,6-10H2,(H,19,22). The Kier molecular flexibility index (Phi) is 6.02. The number of carbonyl (C=O) groups is 2. The molecule has 1 unspecified atom stereocenters. The molecule has 1 saturated heterocycles. The predicted octanol–water partition coefficient (Wildman–Crippen LogP) is 1.87. The third kappa shape index (κ3) is 5.73. The first kappa shape index (κ1) is 18.1. The van der Waals surface area contributed by atoms with Crippen LogP contribution in [0.1, 0.15) is 11.7 Å². The van der Waals surface area contributed by atoms with Crippen molar-refractivity contribution in [3.05, 3.63) is 35.9 Å². The van der Waals surface area contributed by atoms with Crippen LogP contribution in [0.4, 0.5) is 18.0 Å². The van der Waals surface area contributed by atoms with E-state index in [0.29, 0.717) is 19.7 Å². The average Bonchev–Trinajstić information content (AvgIpc) is 2.58.